The Kier molecular flexibility index (Phi) is 7.43. The van der Waals surface area contributed by atoms with Gasteiger partial charge in [-0.1, -0.05) is 6.07 Å². The van der Waals surface area contributed by atoms with Gasteiger partial charge in [0.15, 0.2) is 11.5 Å². The molecule has 31 heavy (non-hydrogen) atoms. The Bertz CT molecular complexity index is 1020. The SMILES string of the molecule is CCOc1ccc(CCC(=O)Nc2ccc(Nc3nc(C)cc(C)n3)cc2)cc1OC. The van der Waals surface area contributed by atoms with Crippen molar-refractivity contribution >= 4 is 23.2 Å². The number of hydrogen-bond acceptors (Lipinski definition) is 6. The average Bonchev–Trinajstić information content (AvgIpc) is 2.74. The minimum Gasteiger partial charge on any atom is -0.493 e. The number of hydrogen-bond donors (Lipinski definition) is 2. The van der Waals surface area contributed by atoms with E-state index in [0.29, 0.717) is 36.9 Å². The molecule has 1 aromatic heterocycles. The molecule has 0 bridgehead atoms. The van der Waals surface area contributed by atoms with Gasteiger partial charge in [0, 0.05) is 29.2 Å². The molecule has 0 fully saturated rings. The Morgan fingerprint density at radius 3 is 2.26 bits per heavy atom. The predicted octanol–water partition coefficient (Wildman–Crippen LogP) is 4.82. The highest BCUT2D eigenvalue weighted by Crippen LogP contribution is 2.28. The number of methoxy groups -OCH3 is 1. The minimum atomic E-state index is -0.0498. The van der Waals surface area contributed by atoms with E-state index in [-0.39, 0.29) is 5.91 Å². The van der Waals surface area contributed by atoms with Crippen LogP contribution in [-0.4, -0.2) is 29.6 Å². The number of aromatic nitrogens is 2. The summed E-state index contributed by atoms with van der Waals surface area (Å²) in [5.41, 5.74) is 4.42. The maximum Gasteiger partial charge on any atom is 0.227 e. The van der Waals surface area contributed by atoms with Crippen LogP contribution in [0.3, 0.4) is 0 Å². The molecular formula is C24H28N4O3. The van der Waals surface area contributed by atoms with Gasteiger partial charge in [-0.3, -0.25) is 4.79 Å². The van der Waals surface area contributed by atoms with Crippen LogP contribution in [0.25, 0.3) is 0 Å². The van der Waals surface area contributed by atoms with Crippen molar-refractivity contribution in [2.45, 2.75) is 33.6 Å². The average molecular weight is 421 g/mol. The van der Waals surface area contributed by atoms with Crippen LogP contribution in [0, 0.1) is 13.8 Å². The van der Waals surface area contributed by atoms with Gasteiger partial charge in [0.1, 0.15) is 0 Å². The molecule has 1 heterocycles. The summed E-state index contributed by atoms with van der Waals surface area (Å²) in [5, 5.41) is 6.11. The van der Waals surface area contributed by atoms with Crippen molar-refractivity contribution in [2.24, 2.45) is 0 Å². The summed E-state index contributed by atoms with van der Waals surface area (Å²) < 4.78 is 10.9. The van der Waals surface area contributed by atoms with Gasteiger partial charge in [0.25, 0.3) is 0 Å². The maximum atomic E-state index is 12.4. The normalized spacial score (nSPS) is 10.5. The number of nitrogens with one attached hydrogen (secondary N) is 2. The summed E-state index contributed by atoms with van der Waals surface area (Å²) in [6.07, 6.45) is 0.978. The van der Waals surface area contributed by atoms with Gasteiger partial charge in [-0.25, -0.2) is 9.97 Å². The van der Waals surface area contributed by atoms with Gasteiger partial charge >= 0.3 is 0 Å². The molecule has 0 aliphatic heterocycles. The molecule has 1 amide bonds. The zero-order valence-corrected chi connectivity index (χ0v) is 18.4. The number of anilines is 3. The van der Waals surface area contributed by atoms with Gasteiger partial charge in [-0.05, 0) is 75.2 Å². The van der Waals surface area contributed by atoms with E-state index < -0.39 is 0 Å². The van der Waals surface area contributed by atoms with Crippen LogP contribution < -0.4 is 20.1 Å². The Morgan fingerprint density at radius 2 is 1.61 bits per heavy atom. The Balaban J connectivity index is 1.53. The lowest BCUT2D eigenvalue weighted by molar-refractivity contribution is -0.116. The second-order valence-electron chi connectivity index (χ2n) is 7.14. The first-order valence-corrected chi connectivity index (χ1v) is 10.3. The third-order valence-corrected chi connectivity index (χ3v) is 4.58. The van der Waals surface area contributed by atoms with Crippen molar-refractivity contribution in [1.29, 1.82) is 0 Å². The van der Waals surface area contributed by atoms with Crippen LogP contribution in [0.15, 0.2) is 48.5 Å². The number of benzene rings is 2. The fourth-order valence-electron chi connectivity index (χ4n) is 3.17. The van der Waals surface area contributed by atoms with E-state index in [1.807, 2.05) is 69.3 Å². The summed E-state index contributed by atoms with van der Waals surface area (Å²) in [6, 6.07) is 15.1. The van der Waals surface area contributed by atoms with Crippen molar-refractivity contribution in [2.75, 3.05) is 24.4 Å². The number of amides is 1. The zero-order chi connectivity index (χ0) is 22.2. The third kappa shape index (κ3) is 6.44. The molecule has 0 aliphatic rings. The van der Waals surface area contributed by atoms with Crippen LogP contribution in [0.1, 0.15) is 30.3 Å². The molecule has 3 rings (SSSR count). The van der Waals surface area contributed by atoms with Gasteiger partial charge in [-0.2, -0.15) is 0 Å². The van der Waals surface area contributed by atoms with E-state index in [1.54, 1.807) is 7.11 Å². The number of nitrogens with zero attached hydrogens (tertiary/aromatic N) is 2. The Hall–Kier alpha value is -3.61. The topological polar surface area (TPSA) is 85.4 Å². The highest BCUT2D eigenvalue weighted by Gasteiger charge is 2.08. The van der Waals surface area contributed by atoms with Crippen LogP contribution >= 0.6 is 0 Å². The van der Waals surface area contributed by atoms with E-state index in [1.165, 1.54) is 0 Å². The second-order valence-corrected chi connectivity index (χ2v) is 7.14. The van der Waals surface area contributed by atoms with Crippen LogP contribution in [0.5, 0.6) is 11.5 Å². The maximum absolute atomic E-state index is 12.4. The molecule has 7 nitrogen and oxygen atoms in total. The summed E-state index contributed by atoms with van der Waals surface area (Å²) in [4.78, 5) is 21.1. The van der Waals surface area contributed by atoms with Crippen molar-refractivity contribution in [1.82, 2.24) is 9.97 Å². The van der Waals surface area contributed by atoms with E-state index in [9.17, 15) is 4.79 Å². The second kappa shape index (κ2) is 10.4. The molecule has 0 aliphatic carbocycles. The zero-order valence-electron chi connectivity index (χ0n) is 18.4. The molecule has 0 saturated carbocycles. The fourth-order valence-corrected chi connectivity index (χ4v) is 3.17. The number of carbonyl (C=O) groups is 1. The van der Waals surface area contributed by atoms with Gasteiger partial charge < -0.3 is 20.1 Å². The molecule has 2 aromatic carbocycles. The minimum absolute atomic E-state index is 0.0498. The van der Waals surface area contributed by atoms with Crippen molar-refractivity contribution in [3.05, 3.63) is 65.5 Å². The van der Waals surface area contributed by atoms with E-state index in [2.05, 4.69) is 20.6 Å². The van der Waals surface area contributed by atoms with Gasteiger partial charge in [0.05, 0.1) is 13.7 Å². The van der Waals surface area contributed by atoms with Gasteiger partial charge in [-0.15, -0.1) is 0 Å². The monoisotopic (exact) mass is 420 g/mol. The quantitative estimate of drug-likeness (QED) is 0.516. The Labute approximate surface area is 182 Å². The molecule has 0 unspecified atom stereocenters. The molecular weight excluding hydrogens is 392 g/mol. The van der Waals surface area contributed by atoms with E-state index in [4.69, 9.17) is 9.47 Å². The molecule has 3 aromatic rings. The number of carbonyl (C=O) groups excluding carboxylic acids is 1. The first-order valence-electron chi connectivity index (χ1n) is 10.3. The lowest BCUT2D eigenvalue weighted by atomic mass is 10.1. The molecule has 7 heteroatoms. The summed E-state index contributed by atoms with van der Waals surface area (Å²) in [6.45, 7) is 6.37. The molecule has 0 atom stereocenters. The largest absolute Gasteiger partial charge is 0.493 e. The Morgan fingerprint density at radius 1 is 0.935 bits per heavy atom. The van der Waals surface area contributed by atoms with E-state index >= 15 is 0 Å². The summed E-state index contributed by atoms with van der Waals surface area (Å²) in [5.74, 6) is 1.89. The van der Waals surface area contributed by atoms with Crippen molar-refractivity contribution in [3.63, 3.8) is 0 Å². The smallest absolute Gasteiger partial charge is 0.227 e. The molecule has 0 spiro atoms. The molecule has 0 radical (unpaired) electrons. The van der Waals surface area contributed by atoms with Crippen molar-refractivity contribution < 1.29 is 14.3 Å². The van der Waals surface area contributed by atoms with Crippen LogP contribution in [0.2, 0.25) is 0 Å². The summed E-state index contributed by atoms with van der Waals surface area (Å²) in [7, 11) is 1.61. The highest BCUT2D eigenvalue weighted by atomic mass is 16.5. The third-order valence-electron chi connectivity index (χ3n) is 4.58. The summed E-state index contributed by atoms with van der Waals surface area (Å²) >= 11 is 0. The predicted molar refractivity (Wildman–Crippen MR) is 122 cm³/mol. The highest BCUT2D eigenvalue weighted by molar-refractivity contribution is 5.91. The fraction of sp³-hybridized carbons (Fsp3) is 0.292. The molecule has 0 saturated heterocycles. The van der Waals surface area contributed by atoms with Crippen LogP contribution in [-0.2, 0) is 11.2 Å². The molecule has 2 N–H and O–H groups in total. The van der Waals surface area contributed by atoms with E-state index in [0.717, 1.165) is 28.3 Å². The first-order chi connectivity index (χ1) is 15.0. The number of aryl methyl sites for hydroxylation is 3. The molecule has 162 valence electrons. The lowest BCUT2D eigenvalue weighted by Gasteiger charge is -2.11. The first kappa shape index (κ1) is 22.1. The van der Waals surface area contributed by atoms with Crippen LogP contribution in [0.4, 0.5) is 17.3 Å². The van der Waals surface area contributed by atoms with Gasteiger partial charge in [0.2, 0.25) is 11.9 Å². The lowest BCUT2D eigenvalue weighted by Crippen LogP contribution is -2.12. The van der Waals surface area contributed by atoms with Crippen molar-refractivity contribution in [3.8, 4) is 11.5 Å². The standard InChI is InChI=1S/C24H28N4O3/c1-5-31-21-12-6-18(15-22(21)30-4)7-13-23(29)27-19-8-10-20(11-9-19)28-24-25-16(2)14-17(3)26-24/h6,8-12,14-15H,5,7,13H2,1-4H3,(H,27,29)(H,25,26,28). The number of ether oxygens (including phenoxy) is 2. The number of rotatable bonds is 9.